The van der Waals surface area contributed by atoms with Gasteiger partial charge in [-0.15, -0.1) is 0 Å². The number of hydrogen-bond acceptors (Lipinski definition) is 4. The highest BCUT2D eigenvalue weighted by Crippen LogP contribution is 2.22. The van der Waals surface area contributed by atoms with Gasteiger partial charge >= 0.3 is 0 Å². The van der Waals surface area contributed by atoms with Crippen molar-refractivity contribution >= 4 is 0 Å². The van der Waals surface area contributed by atoms with Crippen LogP contribution >= 0.6 is 0 Å². The summed E-state index contributed by atoms with van der Waals surface area (Å²) in [5, 5.41) is 0. The molecular weight excluding hydrogens is 304 g/mol. The zero-order chi connectivity index (χ0) is 16.6. The topological polar surface area (TPSA) is 36.9 Å². The first-order valence-corrected chi connectivity index (χ1v) is 8.28. The van der Waals surface area contributed by atoms with Crippen molar-refractivity contribution in [1.29, 1.82) is 0 Å². The maximum Gasteiger partial charge on any atom is 0.115 e. The van der Waals surface area contributed by atoms with Crippen molar-refractivity contribution in [1.82, 2.24) is 0 Å². The van der Waals surface area contributed by atoms with Crippen LogP contribution < -0.4 is 0 Å². The van der Waals surface area contributed by atoms with Crippen LogP contribution in [0.25, 0.3) is 0 Å². The van der Waals surface area contributed by atoms with Gasteiger partial charge in [0.15, 0.2) is 0 Å². The van der Waals surface area contributed by atoms with Gasteiger partial charge in [-0.2, -0.15) is 0 Å². The molecule has 4 nitrogen and oxygen atoms in total. The van der Waals surface area contributed by atoms with Crippen LogP contribution in [0.15, 0.2) is 60.7 Å². The summed E-state index contributed by atoms with van der Waals surface area (Å²) >= 11 is 0. The Morgan fingerprint density at radius 2 is 1.54 bits per heavy atom. The Kier molecular flexibility index (Phi) is 6.38. The van der Waals surface area contributed by atoms with Gasteiger partial charge in [-0.1, -0.05) is 60.7 Å². The highest BCUT2D eigenvalue weighted by Gasteiger charge is 2.38. The van der Waals surface area contributed by atoms with E-state index in [1.165, 1.54) is 0 Å². The number of hydrogen-bond donors (Lipinski definition) is 0. The molecule has 24 heavy (non-hydrogen) atoms. The number of ether oxygens (including phenoxy) is 4. The number of benzene rings is 2. The third kappa shape index (κ3) is 4.65. The molecule has 0 radical (unpaired) electrons. The second-order valence-electron chi connectivity index (χ2n) is 5.91. The minimum absolute atomic E-state index is 0.0564. The molecule has 1 heterocycles. The predicted octanol–water partition coefficient (Wildman–Crippen LogP) is 3.20. The van der Waals surface area contributed by atoms with Gasteiger partial charge in [-0.3, -0.25) is 0 Å². The van der Waals surface area contributed by atoms with E-state index in [9.17, 15) is 0 Å². The molecule has 0 N–H and O–H groups in total. The third-order valence-electron chi connectivity index (χ3n) is 4.19. The van der Waals surface area contributed by atoms with Crippen molar-refractivity contribution in [3.8, 4) is 0 Å². The van der Waals surface area contributed by atoms with E-state index < -0.39 is 0 Å². The Morgan fingerprint density at radius 3 is 2.17 bits per heavy atom. The molecule has 0 amide bonds. The molecular formula is C20H24O4. The molecule has 3 rings (SSSR count). The van der Waals surface area contributed by atoms with Gasteiger partial charge in [0.05, 0.1) is 26.4 Å². The Balaban J connectivity index is 1.51. The first-order chi connectivity index (χ1) is 11.9. The fraction of sp³-hybridized carbons (Fsp3) is 0.400. The molecule has 0 aliphatic carbocycles. The molecule has 0 unspecified atom stereocenters. The summed E-state index contributed by atoms with van der Waals surface area (Å²) in [5.74, 6) is 0. The normalized spacial score (nSPS) is 23.5. The molecule has 1 aliphatic heterocycles. The van der Waals surface area contributed by atoms with Crippen LogP contribution in [0.4, 0.5) is 0 Å². The van der Waals surface area contributed by atoms with Crippen molar-refractivity contribution in [3.63, 3.8) is 0 Å². The molecule has 2 aromatic carbocycles. The summed E-state index contributed by atoms with van der Waals surface area (Å²) in [6.07, 6.45) is -0.285. The van der Waals surface area contributed by atoms with E-state index in [1.807, 2.05) is 36.4 Å². The monoisotopic (exact) mass is 328 g/mol. The molecule has 0 aromatic heterocycles. The van der Waals surface area contributed by atoms with Crippen LogP contribution in [-0.2, 0) is 32.2 Å². The summed E-state index contributed by atoms with van der Waals surface area (Å²) < 4.78 is 23.2. The fourth-order valence-corrected chi connectivity index (χ4v) is 2.84. The number of rotatable bonds is 8. The van der Waals surface area contributed by atoms with Gasteiger partial charge in [0, 0.05) is 7.11 Å². The Morgan fingerprint density at radius 1 is 0.917 bits per heavy atom. The lowest BCUT2D eigenvalue weighted by Gasteiger charge is -2.22. The SMILES string of the molecule is CO[C@H]1CO[C@H](COCc2ccccc2)[C@H]1OCc1ccccc1. The summed E-state index contributed by atoms with van der Waals surface area (Å²) in [6.45, 7) is 2.15. The fourth-order valence-electron chi connectivity index (χ4n) is 2.84. The van der Waals surface area contributed by atoms with Crippen LogP contribution in [0.2, 0.25) is 0 Å². The minimum Gasteiger partial charge on any atom is -0.376 e. The maximum absolute atomic E-state index is 6.08. The van der Waals surface area contributed by atoms with E-state index in [4.69, 9.17) is 18.9 Å². The smallest absolute Gasteiger partial charge is 0.115 e. The zero-order valence-electron chi connectivity index (χ0n) is 14.0. The van der Waals surface area contributed by atoms with Crippen molar-refractivity contribution in [3.05, 3.63) is 71.8 Å². The van der Waals surface area contributed by atoms with E-state index in [2.05, 4.69) is 24.3 Å². The molecule has 3 atom stereocenters. The van der Waals surface area contributed by atoms with Gasteiger partial charge in [0.1, 0.15) is 18.3 Å². The highest BCUT2D eigenvalue weighted by atomic mass is 16.6. The van der Waals surface area contributed by atoms with E-state index in [1.54, 1.807) is 7.11 Å². The van der Waals surface area contributed by atoms with E-state index in [0.29, 0.717) is 26.4 Å². The lowest BCUT2D eigenvalue weighted by molar-refractivity contribution is -0.0798. The second kappa shape index (κ2) is 8.94. The second-order valence-corrected chi connectivity index (χ2v) is 5.91. The minimum atomic E-state index is -0.119. The molecule has 1 aliphatic rings. The largest absolute Gasteiger partial charge is 0.376 e. The van der Waals surface area contributed by atoms with Crippen LogP contribution in [0.1, 0.15) is 11.1 Å². The van der Waals surface area contributed by atoms with Crippen LogP contribution in [-0.4, -0.2) is 38.6 Å². The first kappa shape index (κ1) is 17.1. The molecule has 128 valence electrons. The lowest BCUT2D eigenvalue weighted by Crippen LogP contribution is -2.36. The Bertz CT molecular complexity index is 587. The quantitative estimate of drug-likeness (QED) is 0.746. The average Bonchev–Trinajstić information content (AvgIpc) is 3.04. The average molecular weight is 328 g/mol. The van der Waals surface area contributed by atoms with Crippen LogP contribution in [0.3, 0.4) is 0 Å². The Labute approximate surface area is 143 Å². The van der Waals surface area contributed by atoms with E-state index in [0.717, 1.165) is 11.1 Å². The van der Waals surface area contributed by atoms with E-state index in [-0.39, 0.29) is 18.3 Å². The molecule has 1 saturated heterocycles. The van der Waals surface area contributed by atoms with Gasteiger partial charge < -0.3 is 18.9 Å². The standard InChI is InChI=1S/C20H24O4/c1-21-18-15-23-19(14-22-12-16-8-4-2-5-9-16)20(18)24-13-17-10-6-3-7-11-17/h2-11,18-20H,12-15H2,1H3/t18-,19+,20-/m0/s1. The van der Waals surface area contributed by atoms with Crippen molar-refractivity contribution in [2.75, 3.05) is 20.3 Å². The summed E-state index contributed by atoms with van der Waals surface area (Å²) in [4.78, 5) is 0. The summed E-state index contributed by atoms with van der Waals surface area (Å²) in [5.41, 5.74) is 2.30. The van der Waals surface area contributed by atoms with Crippen molar-refractivity contribution in [2.24, 2.45) is 0 Å². The highest BCUT2D eigenvalue weighted by molar-refractivity contribution is 5.14. The molecule has 0 saturated carbocycles. The molecule has 4 heteroatoms. The zero-order valence-corrected chi connectivity index (χ0v) is 14.0. The summed E-state index contributed by atoms with van der Waals surface area (Å²) in [7, 11) is 1.69. The lowest BCUT2D eigenvalue weighted by atomic mass is 10.1. The molecule has 2 aromatic rings. The van der Waals surface area contributed by atoms with Crippen molar-refractivity contribution < 1.29 is 18.9 Å². The maximum atomic E-state index is 6.08. The first-order valence-electron chi connectivity index (χ1n) is 8.28. The van der Waals surface area contributed by atoms with Crippen LogP contribution in [0, 0.1) is 0 Å². The number of methoxy groups -OCH3 is 1. The van der Waals surface area contributed by atoms with Gasteiger partial charge in [-0.25, -0.2) is 0 Å². The van der Waals surface area contributed by atoms with Crippen LogP contribution in [0.5, 0.6) is 0 Å². The molecule has 0 spiro atoms. The van der Waals surface area contributed by atoms with Gasteiger partial charge in [-0.05, 0) is 11.1 Å². The predicted molar refractivity (Wildman–Crippen MR) is 91.7 cm³/mol. The van der Waals surface area contributed by atoms with E-state index >= 15 is 0 Å². The molecule has 1 fully saturated rings. The van der Waals surface area contributed by atoms with Gasteiger partial charge in [0.2, 0.25) is 0 Å². The van der Waals surface area contributed by atoms with Crippen molar-refractivity contribution in [2.45, 2.75) is 31.5 Å². The third-order valence-corrected chi connectivity index (χ3v) is 4.19. The van der Waals surface area contributed by atoms with Gasteiger partial charge in [0.25, 0.3) is 0 Å². The molecule has 0 bridgehead atoms. The summed E-state index contributed by atoms with van der Waals surface area (Å²) in [6, 6.07) is 20.3. The Hall–Kier alpha value is -1.72.